The lowest BCUT2D eigenvalue weighted by molar-refractivity contribution is -0.134. The highest BCUT2D eigenvalue weighted by molar-refractivity contribution is 5.88. The van der Waals surface area contributed by atoms with E-state index in [1.807, 2.05) is 45.9 Å². The molecule has 2 aromatic rings. The van der Waals surface area contributed by atoms with Gasteiger partial charge in [-0.2, -0.15) is 0 Å². The largest absolute Gasteiger partial charge is 0.391 e. The first-order valence-corrected chi connectivity index (χ1v) is 10.7. The molecule has 0 aromatic heterocycles. The Labute approximate surface area is 183 Å². The number of aliphatic hydroxyl groups excluding tert-OH is 1. The quantitative estimate of drug-likeness (QED) is 0.476. The molecule has 2 unspecified atom stereocenters. The van der Waals surface area contributed by atoms with Gasteiger partial charge >= 0.3 is 0 Å². The third kappa shape index (κ3) is 4.64. The summed E-state index contributed by atoms with van der Waals surface area (Å²) in [5.74, 6) is -0.395. The van der Waals surface area contributed by atoms with Crippen molar-refractivity contribution >= 4 is 23.5 Å². The van der Waals surface area contributed by atoms with E-state index < -0.39 is 16.9 Å². The van der Waals surface area contributed by atoms with Gasteiger partial charge in [-0.15, -0.1) is 0 Å². The van der Waals surface area contributed by atoms with Gasteiger partial charge in [0.1, 0.15) is 5.82 Å². The molecular formula is C25H32FN3O2. The van der Waals surface area contributed by atoms with Crippen LogP contribution in [0.4, 0.5) is 15.8 Å². The zero-order valence-corrected chi connectivity index (χ0v) is 18.6. The summed E-state index contributed by atoms with van der Waals surface area (Å²) in [6.45, 7) is 7.87. The predicted octanol–water partition coefficient (Wildman–Crippen LogP) is 4.90. The second-order valence-corrected chi connectivity index (χ2v) is 9.41. The third-order valence-electron chi connectivity index (χ3n) is 6.98. The molecule has 31 heavy (non-hydrogen) atoms. The second-order valence-electron chi connectivity index (χ2n) is 9.41. The SMILES string of the molecule is CC(C)(C(=O)NC1CCCC1O)C(C)(C)c1ccc(Nc2ccc(F)cc2)c(C=N)c1. The molecule has 166 valence electrons. The Morgan fingerprint density at radius 1 is 1.13 bits per heavy atom. The molecule has 6 heteroatoms. The minimum absolute atomic E-state index is 0.0895. The Balaban J connectivity index is 1.84. The van der Waals surface area contributed by atoms with Gasteiger partial charge in [-0.1, -0.05) is 33.8 Å². The molecule has 3 rings (SSSR count). The molecule has 0 aliphatic heterocycles. The van der Waals surface area contributed by atoms with E-state index in [2.05, 4.69) is 10.6 Å². The number of rotatable bonds is 7. The number of carbonyl (C=O) groups is 1. The summed E-state index contributed by atoms with van der Waals surface area (Å²) in [7, 11) is 0. The molecule has 2 atom stereocenters. The first kappa shape index (κ1) is 22.9. The molecule has 2 aromatic carbocycles. The van der Waals surface area contributed by atoms with E-state index >= 15 is 0 Å². The van der Waals surface area contributed by atoms with Gasteiger partial charge in [0.05, 0.1) is 17.6 Å². The summed E-state index contributed by atoms with van der Waals surface area (Å²) in [5.41, 5.74) is 1.79. The van der Waals surface area contributed by atoms with Crippen LogP contribution in [0, 0.1) is 16.6 Å². The Morgan fingerprint density at radius 3 is 2.39 bits per heavy atom. The van der Waals surface area contributed by atoms with E-state index in [1.54, 1.807) is 12.1 Å². The number of carbonyl (C=O) groups excluding carboxylic acids is 1. The number of anilines is 2. The first-order valence-electron chi connectivity index (χ1n) is 10.7. The number of hydrogen-bond donors (Lipinski definition) is 4. The molecule has 0 saturated heterocycles. The molecule has 0 spiro atoms. The van der Waals surface area contributed by atoms with Gasteiger partial charge in [0.15, 0.2) is 0 Å². The van der Waals surface area contributed by atoms with Crippen LogP contribution in [-0.4, -0.2) is 29.4 Å². The van der Waals surface area contributed by atoms with E-state index in [9.17, 15) is 14.3 Å². The standard InChI is InChI=1S/C25H32FN3O2/c1-24(2,25(3,4)23(31)29-21-6-5-7-22(21)30)17-8-13-20(16(14-17)15-27)28-19-11-9-18(26)10-12-19/h8-15,21-22,27-28,30H,5-7H2,1-4H3,(H,29,31). The average molecular weight is 426 g/mol. The van der Waals surface area contributed by atoms with Gasteiger partial charge in [0, 0.05) is 28.6 Å². The number of aliphatic hydroxyl groups is 1. The summed E-state index contributed by atoms with van der Waals surface area (Å²) in [4.78, 5) is 13.2. The van der Waals surface area contributed by atoms with Crippen molar-refractivity contribution in [3.8, 4) is 0 Å². The van der Waals surface area contributed by atoms with Gasteiger partial charge in [0.2, 0.25) is 5.91 Å². The fourth-order valence-corrected chi connectivity index (χ4v) is 3.98. The molecule has 5 nitrogen and oxygen atoms in total. The average Bonchev–Trinajstić information content (AvgIpc) is 3.14. The van der Waals surface area contributed by atoms with Crippen molar-refractivity contribution in [2.45, 2.75) is 64.5 Å². The summed E-state index contributed by atoms with van der Waals surface area (Å²) in [6, 6.07) is 11.6. The second kappa shape index (κ2) is 8.79. The van der Waals surface area contributed by atoms with Crippen LogP contribution in [0.1, 0.15) is 58.1 Å². The van der Waals surface area contributed by atoms with Crippen molar-refractivity contribution in [3.05, 3.63) is 59.4 Å². The number of hydrogen-bond acceptors (Lipinski definition) is 4. The number of halogens is 1. The highest BCUT2D eigenvalue weighted by atomic mass is 19.1. The van der Waals surface area contributed by atoms with E-state index in [1.165, 1.54) is 18.3 Å². The van der Waals surface area contributed by atoms with Crippen molar-refractivity contribution in [1.82, 2.24) is 5.32 Å². The summed E-state index contributed by atoms with van der Waals surface area (Å²) < 4.78 is 13.2. The van der Waals surface area contributed by atoms with E-state index in [0.717, 1.165) is 36.2 Å². The zero-order chi connectivity index (χ0) is 22.8. The zero-order valence-electron chi connectivity index (χ0n) is 18.6. The number of amides is 1. The van der Waals surface area contributed by atoms with Crippen molar-refractivity contribution in [2.75, 3.05) is 5.32 Å². The van der Waals surface area contributed by atoms with E-state index in [4.69, 9.17) is 5.41 Å². The Kier molecular flexibility index (Phi) is 6.51. The molecule has 1 aliphatic rings. The molecular weight excluding hydrogens is 393 g/mol. The van der Waals surface area contributed by atoms with Crippen molar-refractivity contribution < 1.29 is 14.3 Å². The van der Waals surface area contributed by atoms with Gasteiger partial charge in [-0.25, -0.2) is 4.39 Å². The monoisotopic (exact) mass is 425 g/mol. The smallest absolute Gasteiger partial charge is 0.226 e. The predicted molar refractivity (Wildman–Crippen MR) is 123 cm³/mol. The molecule has 1 aliphatic carbocycles. The Morgan fingerprint density at radius 2 is 1.81 bits per heavy atom. The lowest BCUT2D eigenvalue weighted by Crippen LogP contribution is -2.52. The summed E-state index contributed by atoms with van der Waals surface area (Å²) >= 11 is 0. The lowest BCUT2D eigenvalue weighted by atomic mass is 9.63. The van der Waals surface area contributed by atoms with Crippen LogP contribution in [0.2, 0.25) is 0 Å². The number of nitrogens with one attached hydrogen (secondary N) is 3. The fraction of sp³-hybridized carbons (Fsp3) is 0.440. The van der Waals surface area contributed by atoms with Crippen LogP contribution < -0.4 is 10.6 Å². The highest BCUT2D eigenvalue weighted by Gasteiger charge is 2.45. The molecule has 1 fully saturated rings. The maximum atomic E-state index is 13.2. The maximum Gasteiger partial charge on any atom is 0.226 e. The fourth-order valence-electron chi connectivity index (χ4n) is 3.98. The van der Waals surface area contributed by atoms with Crippen molar-refractivity contribution in [2.24, 2.45) is 5.41 Å². The van der Waals surface area contributed by atoms with Gasteiger partial charge in [-0.05, 0) is 61.2 Å². The molecule has 0 radical (unpaired) electrons. The minimum atomic E-state index is -0.749. The Hall–Kier alpha value is -2.73. The first-order chi connectivity index (χ1) is 14.6. The third-order valence-corrected chi connectivity index (χ3v) is 6.98. The summed E-state index contributed by atoms with van der Waals surface area (Å²) in [5, 5.41) is 24.2. The molecule has 0 bridgehead atoms. The van der Waals surface area contributed by atoms with Crippen LogP contribution in [0.15, 0.2) is 42.5 Å². The van der Waals surface area contributed by atoms with Crippen LogP contribution in [-0.2, 0) is 10.2 Å². The normalized spacial score (nSPS) is 19.2. The van der Waals surface area contributed by atoms with Crippen LogP contribution >= 0.6 is 0 Å². The van der Waals surface area contributed by atoms with Gasteiger partial charge < -0.3 is 21.1 Å². The lowest BCUT2D eigenvalue weighted by Gasteiger charge is -2.42. The molecule has 0 heterocycles. The topological polar surface area (TPSA) is 85.2 Å². The minimum Gasteiger partial charge on any atom is -0.391 e. The van der Waals surface area contributed by atoms with Gasteiger partial charge in [-0.3, -0.25) is 4.79 Å². The van der Waals surface area contributed by atoms with Crippen LogP contribution in [0.25, 0.3) is 0 Å². The van der Waals surface area contributed by atoms with Crippen molar-refractivity contribution in [1.29, 1.82) is 5.41 Å². The molecule has 1 amide bonds. The van der Waals surface area contributed by atoms with E-state index in [-0.39, 0.29) is 17.8 Å². The number of benzene rings is 2. The van der Waals surface area contributed by atoms with Gasteiger partial charge in [0.25, 0.3) is 0 Å². The van der Waals surface area contributed by atoms with Crippen LogP contribution in [0.5, 0.6) is 0 Å². The van der Waals surface area contributed by atoms with Crippen molar-refractivity contribution in [3.63, 3.8) is 0 Å². The molecule has 1 saturated carbocycles. The highest BCUT2D eigenvalue weighted by Crippen LogP contribution is 2.43. The summed E-state index contributed by atoms with van der Waals surface area (Å²) in [6.07, 6.45) is 3.23. The van der Waals surface area contributed by atoms with E-state index in [0.29, 0.717) is 5.56 Å². The van der Waals surface area contributed by atoms with Crippen LogP contribution in [0.3, 0.4) is 0 Å². The maximum absolute atomic E-state index is 13.2. The molecule has 4 N–H and O–H groups in total. The Bertz CT molecular complexity index is 954.